The molecule has 0 spiro atoms. The molecule has 0 bridgehead atoms. The van der Waals surface area contributed by atoms with Gasteiger partial charge in [-0.1, -0.05) is 18.2 Å². The summed E-state index contributed by atoms with van der Waals surface area (Å²) in [4.78, 5) is 16.0. The van der Waals surface area contributed by atoms with Gasteiger partial charge in [0.1, 0.15) is 17.7 Å². The Morgan fingerprint density at radius 1 is 1.15 bits per heavy atom. The lowest BCUT2D eigenvalue weighted by Crippen LogP contribution is -2.29. The van der Waals surface area contributed by atoms with E-state index in [1.807, 2.05) is 25.2 Å². The maximum atomic E-state index is 14.4. The number of benzene rings is 2. The van der Waals surface area contributed by atoms with Gasteiger partial charge in [0.05, 0.1) is 47.5 Å². The van der Waals surface area contributed by atoms with Crippen LogP contribution < -0.4 is 25.6 Å². The van der Waals surface area contributed by atoms with Crippen LogP contribution in [0, 0.1) is 0 Å². The zero-order valence-electron chi connectivity index (χ0n) is 24.3. The second-order valence-electron chi connectivity index (χ2n) is 11.3. The summed E-state index contributed by atoms with van der Waals surface area (Å²) in [5.74, 6) is 2.15. The van der Waals surface area contributed by atoms with Crippen molar-refractivity contribution in [2.24, 2.45) is 0 Å². The van der Waals surface area contributed by atoms with Crippen molar-refractivity contribution in [1.29, 1.82) is 0 Å². The number of nitrogen functional groups attached to an aromatic ring is 1. The molecule has 2 aromatic carbocycles. The van der Waals surface area contributed by atoms with E-state index < -0.39 is 6.17 Å². The third-order valence-electron chi connectivity index (χ3n) is 8.20. The van der Waals surface area contributed by atoms with Crippen LogP contribution in [0.1, 0.15) is 18.4 Å². The quantitative estimate of drug-likeness (QED) is 0.280. The van der Waals surface area contributed by atoms with Crippen molar-refractivity contribution in [1.82, 2.24) is 19.4 Å². The fourth-order valence-electron chi connectivity index (χ4n) is 6.14. The number of nitrogens with one attached hydrogen (secondary N) is 1. The molecule has 0 aliphatic carbocycles. The SMILES string of the molecule is COc1cc(N(C)CCN(C)C)c(N)cc1Nc1nccc(-c2c(N3CCC(F)C3)n3c4c(cccc24)CCC3)n1. The van der Waals surface area contributed by atoms with Crippen LogP contribution in [0.2, 0.25) is 0 Å². The molecule has 2 aliphatic rings. The fraction of sp³-hybridized carbons (Fsp3) is 0.419. The molecule has 1 atom stereocenters. The number of hydrogen-bond donors (Lipinski definition) is 2. The molecule has 9 nitrogen and oxygen atoms in total. The highest BCUT2D eigenvalue weighted by atomic mass is 19.1. The summed E-state index contributed by atoms with van der Waals surface area (Å²) in [6.07, 6.45) is 3.61. The number of rotatable bonds is 9. The number of halogens is 1. The number of nitrogens with zero attached hydrogens (tertiary/aromatic N) is 6. The third kappa shape index (κ3) is 5.12. The largest absolute Gasteiger partial charge is 0.494 e. The number of methoxy groups -OCH3 is 1. The summed E-state index contributed by atoms with van der Waals surface area (Å²) in [6, 6.07) is 12.2. The number of nitrogens with two attached hydrogens (primary N) is 1. The molecule has 41 heavy (non-hydrogen) atoms. The van der Waals surface area contributed by atoms with Crippen molar-refractivity contribution in [2.75, 3.05) is 75.3 Å². The Hall–Kier alpha value is -4.05. The van der Waals surface area contributed by atoms with E-state index >= 15 is 0 Å². The van der Waals surface area contributed by atoms with E-state index in [9.17, 15) is 4.39 Å². The van der Waals surface area contributed by atoms with Crippen LogP contribution in [0.15, 0.2) is 42.6 Å². The van der Waals surface area contributed by atoms with E-state index in [0.717, 1.165) is 60.6 Å². The van der Waals surface area contributed by atoms with Crippen LogP contribution in [-0.4, -0.2) is 80.0 Å². The van der Waals surface area contributed by atoms with Gasteiger partial charge in [0.25, 0.3) is 0 Å². The van der Waals surface area contributed by atoms with Crippen molar-refractivity contribution in [3.8, 4) is 17.0 Å². The highest BCUT2D eigenvalue weighted by Crippen LogP contribution is 2.44. The Morgan fingerprint density at radius 3 is 2.76 bits per heavy atom. The number of hydrogen-bond acceptors (Lipinski definition) is 8. The van der Waals surface area contributed by atoms with Gasteiger partial charge in [0.2, 0.25) is 5.95 Å². The summed E-state index contributed by atoms with van der Waals surface area (Å²) >= 11 is 0. The van der Waals surface area contributed by atoms with Crippen LogP contribution in [0.3, 0.4) is 0 Å². The smallest absolute Gasteiger partial charge is 0.227 e. The van der Waals surface area contributed by atoms with Gasteiger partial charge in [-0.05, 0) is 51.1 Å². The molecule has 216 valence electrons. The molecule has 2 aromatic heterocycles. The molecule has 0 radical (unpaired) electrons. The highest BCUT2D eigenvalue weighted by Gasteiger charge is 2.31. The molecule has 1 fully saturated rings. The molecule has 10 heteroatoms. The Morgan fingerprint density at radius 2 is 2.00 bits per heavy atom. The van der Waals surface area contributed by atoms with Gasteiger partial charge in [-0.15, -0.1) is 0 Å². The molecule has 4 heterocycles. The van der Waals surface area contributed by atoms with Gasteiger partial charge in [-0.2, -0.15) is 0 Å². The van der Waals surface area contributed by atoms with Crippen molar-refractivity contribution in [3.05, 3.63) is 48.2 Å². The van der Waals surface area contributed by atoms with Crippen LogP contribution in [0.25, 0.3) is 22.2 Å². The zero-order valence-corrected chi connectivity index (χ0v) is 24.3. The summed E-state index contributed by atoms with van der Waals surface area (Å²) < 4.78 is 22.6. The first-order valence-electron chi connectivity index (χ1n) is 14.3. The van der Waals surface area contributed by atoms with E-state index in [0.29, 0.717) is 42.6 Å². The van der Waals surface area contributed by atoms with Crippen molar-refractivity contribution >= 4 is 39.7 Å². The minimum absolute atomic E-state index is 0.403. The minimum atomic E-state index is -0.817. The minimum Gasteiger partial charge on any atom is -0.494 e. The van der Waals surface area contributed by atoms with E-state index in [1.165, 1.54) is 11.1 Å². The van der Waals surface area contributed by atoms with Crippen molar-refractivity contribution in [3.63, 3.8) is 0 Å². The predicted octanol–water partition coefficient (Wildman–Crippen LogP) is 4.92. The third-order valence-corrected chi connectivity index (χ3v) is 8.20. The Bertz CT molecular complexity index is 1570. The second kappa shape index (κ2) is 11.1. The monoisotopic (exact) mass is 558 g/mol. The summed E-state index contributed by atoms with van der Waals surface area (Å²) in [7, 11) is 7.77. The topological polar surface area (TPSA) is 87.7 Å². The van der Waals surface area contributed by atoms with Gasteiger partial charge in [-0.25, -0.2) is 14.4 Å². The molecule has 1 unspecified atom stereocenters. The Labute approximate surface area is 240 Å². The van der Waals surface area contributed by atoms with Crippen molar-refractivity contribution < 1.29 is 9.13 Å². The van der Waals surface area contributed by atoms with Gasteiger partial charge in [0.15, 0.2) is 0 Å². The molecule has 0 amide bonds. The number of likely N-dealkylation sites (N-methyl/N-ethyl adjacent to an activating group) is 2. The van der Waals surface area contributed by atoms with E-state index in [4.69, 9.17) is 15.5 Å². The average molecular weight is 559 g/mol. The molecule has 2 aliphatic heterocycles. The lowest BCUT2D eigenvalue weighted by atomic mass is 10.0. The van der Waals surface area contributed by atoms with E-state index in [1.54, 1.807) is 13.3 Å². The zero-order chi connectivity index (χ0) is 28.7. The lowest BCUT2D eigenvalue weighted by Gasteiger charge is -2.25. The maximum Gasteiger partial charge on any atom is 0.227 e. The normalized spacial score (nSPS) is 16.5. The van der Waals surface area contributed by atoms with Gasteiger partial charge < -0.3 is 35.1 Å². The number of ether oxygens (including phenoxy) is 1. The molecule has 4 aromatic rings. The number of anilines is 5. The first-order chi connectivity index (χ1) is 19.8. The molecule has 1 saturated heterocycles. The van der Waals surface area contributed by atoms with Crippen LogP contribution >= 0.6 is 0 Å². The van der Waals surface area contributed by atoms with Gasteiger partial charge >= 0.3 is 0 Å². The first-order valence-corrected chi connectivity index (χ1v) is 14.3. The highest BCUT2D eigenvalue weighted by molar-refractivity contribution is 6.04. The van der Waals surface area contributed by atoms with E-state index in [-0.39, 0.29) is 0 Å². The molecule has 3 N–H and O–H groups in total. The molecule has 6 rings (SSSR count). The lowest BCUT2D eigenvalue weighted by molar-refractivity contribution is 0.364. The number of para-hydroxylation sites is 1. The van der Waals surface area contributed by atoms with Gasteiger partial charge in [-0.3, -0.25) is 0 Å². The first kappa shape index (κ1) is 27.1. The summed E-state index contributed by atoms with van der Waals surface area (Å²) in [5, 5.41) is 4.49. The predicted molar refractivity (Wildman–Crippen MR) is 166 cm³/mol. The average Bonchev–Trinajstić information content (AvgIpc) is 3.54. The second-order valence-corrected chi connectivity index (χ2v) is 11.3. The van der Waals surface area contributed by atoms with Crippen molar-refractivity contribution in [2.45, 2.75) is 32.0 Å². The standard InChI is InChI=1S/C31H39FN8O/c1-37(2)15-16-38(3)26-18-27(41-4)25(17-23(26)33)36-31-34-12-10-24(35-31)28-22-9-5-7-20-8-6-13-40(29(20)22)30(28)39-14-11-21(32)19-39/h5,7,9-10,12,17-18,21H,6,8,11,13-16,19,33H2,1-4H3,(H,34,35,36). The molecular formula is C31H39FN8O. The van der Waals surface area contributed by atoms with E-state index in [2.05, 4.69) is 61.9 Å². The number of aryl methyl sites for hydroxylation is 2. The molecular weight excluding hydrogens is 519 g/mol. The number of alkyl halides is 1. The Balaban J connectivity index is 1.38. The Kier molecular flexibility index (Phi) is 7.33. The van der Waals surface area contributed by atoms with Crippen LogP contribution in [0.4, 0.5) is 33.2 Å². The maximum absolute atomic E-state index is 14.4. The summed E-state index contributed by atoms with van der Waals surface area (Å²) in [6.45, 7) is 3.75. The fourth-order valence-corrected chi connectivity index (χ4v) is 6.14. The summed E-state index contributed by atoms with van der Waals surface area (Å²) in [5.41, 5.74) is 13.1. The van der Waals surface area contributed by atoms with Crippen LogP contribution in [0.5, 0.6) is 5.75 Å². The number of aromatic nitrogens is 3. The van der Waals surface area contributed by atoms with Crippen LogP contribution in [-0.2, 0) is 13.0 Å². The van der Waals surface area contributed by atoms with Gasteiger partial charge in [0, 0.05) is 50.9 Å². The molecule has 0 saturated carbocycles.